The number of quaternary nitrogens is 1. The first-order chi connectivity index (χ1) is 35.6. The van der Waals surface area contributed by atoms with Gasteiger partial charge in [-0.3, -0.25) is 9.59 Å². The van der Waals surface area contributed by atoms with Crippen LogP contribution in [0.2, 0.25) is 0 Å². The predicted molar refractivity (Wildman–Crippen MR) is 309 cm³/mol. The van der Waals surface area contributed by atoms with E-state index in [1.165, 1.54) is 180 Å². The van der Waals surface area contributed by atoms with Crippen LogP contribution in [0.15, 0.2) is 60.8 Å². The number of aliphatic carboxylic acids is 1. The maximum absolute atomic E-state index is 12.9. The van der Waals surface area contributed by atoms with E-state index >= 15 is 0 Å². The molecule has 0 saturated heterocycles. The van der Waals surface area contributed by atoms with Gasteiger partial charge in [0.2, 0.25) is 0 Å². The van der Waals surface area contributed by atoms with Gasteiger partial charge in [-0.05, 0) is 77.0 Å². The lowest BCUT2D eigenvalue weighted by molar-refractivity contribution is -0.870. The van der Waals surface area contributed by atoms with Crippen LogP contribution in [-0.2, 0) is 33.3 Å². The van der Waals surface area contributed by atoms with Gasteiger partial charge in [-0.25, -0.2) is 4.79 Å². The zero-order valence-corrected chi connectivity index (χ0v) is 48.3. The van der Waals surface area contributed by atoms with Crippen LogP contribution in [-0.4, -0.2) is 87.4 Å². The second-order valence-electron chi connectivity index (χ2n) is 21.6. The van der Waals surface area contributed by atoms with Gasteiger partial charge in [0.25, 0.3) is 6.29 Å². The van der Waals surface area contributed by atoms with E-state index in [1.54, 1.807) is 0 Å². The summed E-state index contributed by atoms with van der Waals surface area (Å²) in [5.74, 6) is -2.00. The fraction of sp³-hybridized carbons (Fsp3) is 0.797. The number of carbonyl (C=O) groups is 3. The minimum absolute atomic E-state index is 0.182. The Morgan fingerprint density at radius 2 is 0.781 bits per heavy atom. The fourth-order valence-electron chi connectivity index (χ4n) is 8.59. The monoisotopic (exact) mass is 1030 g/mol. The standard InChI is InChI=1S/C64H115NO8/c1-6-8-10-12-14-16-18-20-22-24-25-26-27-28-29-30-31-32-33-34-35-36-37-39-41-43-45-47-49-51-53-55-62(67)73-60(59-72-64(63(68)69)70-57-56-65(3,4)5)58-71-61(66)54-52-50-48-46-44-42-40-38-23-21-19-17-15-13-11-9-7-2/h8,10,14,16,20-23,25-26,60,64H,6-7,9,11-13,15,17-19,24,27-59H2,1-5H3/p+1/b10-8-,16-14-,22-20-,23-21-,26-25-. The normalized spacial score (nSPS) is 13.2. The Labute approximate surface area is 450 Å². The van der Waals surface area contributed by atoms with Crippen molar-refractivity contribution in [1.29, 1.82) is 0 Å². The molecular weight excluding hydrogens is 911 g/mol. The number of carboxylic acids is 1. The third-order valence-electron chi connectivity index (χ3n) is 13.3. The maximum atomic E-state index is 12.9. The van der Waals surface area contributed by atoms with Gasteiger partial charge in [-0.2, -0.15) is 0 Å². The number of hydrogen-bond acceptors (Lipinski definition) is 7. The van der Waals surface area contributed by atoms with Crippen molar-refractivity contribution in [2.45, 2.75) is 283 Å². The van der Waals surface area contributed by atoms with E-state index < -0.39 is 24.3 Å². The number of likely N-dealkylation sites (N-methyl/N-ethyl adjacent to an activating group) is 1. The average molecular weight is 1030 g/mol. The van der Waals surface area contributed by atoms with Crippen molar-refractivity contribution >= 4 is 17.9 Å². The number of carbonyl (C=O) groups excluding carboxylic acids is 2. The van der Waals surface area contributed by atoms with Crippen LogP contribution in [0.5, 0.6) is 0 Å². The lowest BCUT2D eigenvalue weighted by atomic mass is 10.0. The SMILES string of the molecule is CC/C=C\C/C=C\C/C=C\C/C=C\CCCCCCCCCCCCCCCCCCCCC(=O)OC(COC(=O)CCCCCCCCC/C=C\CCCCCCCC)COC(OCC[N+](C)(C)C)C(=O)O. The van der Waals surface area contributed by atoms with Crippen LogP contribution in [0, 0.1) is 0 Å². The molecular formula is C64H116NO8+. The second-order valence-corrected chi connectivity index (χ2v) is 21.6. The number of carboxylic acid groups (broad SMARTS) is 1. The lowest BCUT2D eigenvalue weighted by Gasteiger charge is -2.25. The third-order valence-corrected chi connectivity index (χ3v) is 13.3. The summed E-state index contributed by atoms with van der Waals surface area (Å²) < 4.78 is 22.9. The number of nitrogens with zero attached hydrogens (tertiary/aromatic N) is 1. The number of rotatable bonds is 56. The number of ether oxygens (including phenoxy) is 4. The van der Waals surface area contributed by atoms with E-state index in [2.05, 4.69) is 74.6 Å². The van der Waals surface area contributed by atoms with Crippen LogP contribution in [0.4, 0.5) is 0 Å². The van der Waals surface area contributed by atoms with Gasteiger partial charge in [0.15, 0.2) is 6.10 Å². The van der Waals surface area contributed by atoms with E-state index in [0.29, 0.717) is 17.4 Å². The van der Waals surface area contributed by atoms with Crippen molar-refractivity contribution in [2.24, 2.45) is 0 Å². The molecule has 73 heavy (non-hydrogen) atoms. The number of allylic oxidation sites excluding steroid dienone is 10. The van der Waals surface area contributed by atoms with Gasteiger partial charge in [0, 0.05) is 12.8 Å². The second kappa shape index (κ2) is 55.2. The molecule has 0 aliphatic rings. The Kier molecular flexibility index (Phi) is 53.0. The van der Waals surface area contributed by atoms with Crippen LogP contribution >= 0.6 is 0 Å². The van der Waals surface area contributed by atoms with E-state index in [-0.39, 0.29) is 32.2 Å². The molecule has 0 fully saturated rings. The molecule has 0 saturated carbocycles. The van der Waals surface area contributed by atoms with Crippen LogP contribution in [0.25, 0.3) is 0 Å². The van der Waals surface area contributed by atoms with Gasteiger partial charge in [0.1, 0.15) is 13.2 Å². The van der Waals surface area contributed by atoms with Crippen molar-refractivity contribution in [1.82, 2.24) is 0 Å². The summed E-state index contributed by atoms with van der Waals surface area (Å²) in [5, 5.41) is 9.71. The molecule has 0 aliphatic carbocycles. The van der Waals surface area contributed by atoms with Crippen LogP contribution in [0.1, 0.15) is 271 Å². The van der Waals surface area contributed by atoms with E-state index in [0.717, 1.165) is 64.2 Å². The van der Waals surface area contributed by atoms with Gasteiger partial charge in [-0.15, -0.1) is 0 Å². The molecule has 0 aliphatic heterocycles. The summed E-state index contributed by atoms with van der Waals surface area (Å²) in [7, 11) is 5.97. The molecule has 0 aromatic rings. The van der Waals surface area contributed by atoms with Gasteiger partial charge in [0.05, 0.1) is 34.4 Å². The largest absolute Gasteiger partial charge is 0.477 e. The van der Waals surface area contributed by atoms with Gasteiger partial charge < -0.3 is 28.5 Å². The summed E-state index contributed by atoms with van der Waals surface area (Å²) >= 11 is 0. The summed E-state index contributed by atoms with van der Waals surface area (Å²) in [5.41, 5.74) is 0. The van der Waals surface area contributed by atoms with Crippen molar-refractivity contribution in [3.8, 4) is 0 Å². The Hall–Kier alpha value is -3.01. The maximum Gasteiger partial charge on any atom is 0.361 e. The molecule has 2 atom stereocenters. The van der Waals surface area contributed by atoms with E-state index in [4.69, 9.17) is 18.9 Å². The number of unbranched alkanes of at least 4 members (excludes halogenated alkanes) is 31. The Morgan fingerprint density at radius 3 is 1.18 bits per heavy atom. The predicted octanol–water partition coefficient (Wildman–Crippen LogP) is 18.0. The fourth-order valence-corrected chi connectivity index (χ4v) is 8.59. The van der Waals surface area contributed by atoms with Crippen molar-refractivity contribution in [3.05, 3.63) is 60.8 Å². The van der Waals surface area contributed by atoms with Crippen molar-refractivity contribution < 1.29 is 42.9 Å². The molecule has 2 unspecified atom stereocenters. The first-order valence-corrected chi connectivity index (χ1v) is 30.5. The number of hydrogen-bond donors (Lipinski definition) is 1. The van der Waals surface area contributed by atoms with Crippen molar-refractivity contribution in [3.63, 3.8) is 0 Å². The molecule has 0 spiro atoms. The Morgan fingerprint density at radius 1 is 0.425 bits per heavy atom. The highest BCUT2D eigenvalue weighted by Crippen LogP contribution is 2.17. The first kappa shape index (κ1) is 70.0. The third kappa shape index (κ3) is 56.6. The molecule has 0 radical (unpaired) electrons. The summed E-state index contributed by atoms with van der Waals surface area (Å²) in [4.78, 5) is 37.4. The average Bonchev–Trinajstić information content (AvgIpc) is 3.36. The topological polar surface area (TPSA) is 108 Å². The molecule has 0 amide bonds. The lowest BCUT2D eigenvalue weighted by Crippen LogP contribution is -2.40. The molecule has 1 N–H and O–H groups in total. The van der Waals surface area contributed by atoms with E-state index in [1.807, 2.05) is 21.1 Å². The molecule has 0 aromatic carbocycles. The highest BCUT2D eigenvalue weighted by molar-refractivity contribution is 5.71. The Balaban J connectivity index is 4.13. The quantitative estimate of drug-likeness (QED) is 0.0211. The van der Waals surface area contributed by atoms with Crippen molar-refractivity contribution in [2.75, 3.05) is 47.5 Å². The molecule has 424 valence electrons. The molecule has 0 rings (SSSR count). The Bertz CT molecular complexity index is 1380. The zero-order valence-electron chi connectivity index (χ0n) is 48.3. The molecule has 9 heteroatoms. The number of esters is 2. The summed E-state index contributed by atoms with van der Waals surface area (Å²) in [6, 6.07) is 0. The van der Waals surface area contributed by atoms with E-state index in [9.17, 15) is 19.5 Å². The highest BCUT2D eigenvalue weighted by Gasteiger charge is 2.25. The van der Waals surface area contributed by atoms with Gasteiger partial charge >= 0.3 is 17.9 Å². The minimum Gasteiger partial charge on any atom is -0.477 e. The van der Waals surface area contributed by atoms with Crippen LogP contribution in [0.3, 0.4) is 0 Å². The van der Waals surface area contributed by atoms with Crippen LogP contribution < -0.4 is 0 Å². The molecule has 0 aromatic heterocycles. The molecule has 0 heterocycles. The molecule has 0 bridgehead atoms. The smallest absolute Gasteiger partial charge is 0.361 e. The summed E-state index contributed by atoms with van der Waals surface area (Å²) in [6.45, 7) is 4.78. The summed E-state index contributed by atoms with van der Waals surface area (Å²) in [6.07, 6.45) is 67.4. The zero-order chi connectivity index (χ0) is 53.4. The minimum atomic E-state index is -1.51. The van der Waals surface area contributed by atoms with Gasteiger partial charge in [-0.1, -0.05) is 242 Å². The first-order valence-electron chi connectivity index (χ1n) is 30.5. The molecule has 9 nitrogen and oxygen atoms in total. The highest BCUT2D eigenvalue weighted by atomic mass is 16.7.